The lowest BCUT2D eigenvalue weighted by atomic mass is 10.4. The summed E-state index contributed by atoms with van der Waals surface area (Å²) < 4.78 is 23.4. The Balaban J connectivity index is 4.51. The van der Waals surface area contributed by atoms with Gasteiger partial charge in [0.2, 0.25) is 0 Å². The van der Waals surface area contributed by atoms with Crippen molar-refractivity contribution in [2.45, 2.75) is 47.0 Å². The van der Waals surface area contributed by atoms with Crippen LogP contribution in [0.3, 0.4) is 0 Å². The first-order valence-electron chi connectivity index (χ1n) is 7.24. The van der Waals surface area contributed by atoms with Crippen molar-refractivity contribution >= 4 is 8.80 Å². The first-order valence-corrected chi connectivity index (χ1v) is 9.17. The van der Waals surface area contributed by atoms with E-state index in [0.29, 0.717) is 32.7 Å². The highest BCUT2D eigenvalue weighted by Gasteiger charge is 2.41. The van der Waals surface area contributed by atoms with Crippen LogP contribution in [0.15, 0.2) is 12.2 Å². The maximum Gasteiger partial charge on any atom is 0.528 e. The fourth-order valence-corrected chi connectivity index (χ4v) is 3.77. The van der Waals surface area contributed by atoms with Crippen LogP contribution >= 0.6 is 0 Å². The minimum Gasteiger partial charge on any atom is -0.373 e. The van der Waals surface area contributed by atoms with Gasteiger partial charge in [0.05, 0.1) is 6.61 Å². The summed E-state index contributed by atoms with van der Waals surface area (Å²) in [6.45, 7) is 14.5. The average Bonchev–Trinajstić information content (AvgIpc) is 2.39. The van der Waals surface area contributed by atoms with Crippen LogP contribution in [0.5, 0.6) is 0 Å². The third kappa shape index (κ3) is 9.35. The summed E-state index contributed by atoms with van der Waals surface area (Å²) in [5, 5.41) is 0. The van der Waals surface area contributed by atoms with Crippen LogP contribution in [-0.4, -0.2) is 41.5 Å². The molecule has 0 aromatic rings. The van der Waals surface area contributed by atoms with Gasteiger partial charge in [-0.3, -0.25) is 0 Å². The molecule has 0 amide bonds. The second-order valence-electron chi connectivity index (χ2n) is 4.68. The van der Waals surface area contributed by atoms with Crippen molar-refractivity contribution in [3.8, 4) is 0 Å². The molecule has 0 fully saturated rings. The van der Waals surface area contributed by atoms with Crippen LogP contribution in [0.25, 0.3) is 0 Å². The van der Waals surface area contributed by atoms with Gasteiger partial charge in [-0.25, -0.2) is 0 Å². The van der Waals surface area contributed by atoms with Gasteiger partial charge in [0, 0.05) is 19.8 Å². The molecule has 0 N–H and O–H groups in total. The molecule has 0 saturated heterocycles. The van der Waals surface area contributed by atoms with Crippen molar-refractivity contribution in [2.24, 2.45) is 0 Å². The van der Waals surface area contributed by atoms with Gasteiger partial charge < -0.3 is 18.0 Å². The monoisotopic (exact) mass is 290 g/mol. The van der Waals surface area contributed by atoms with Gasteiger partial charge in [-0.15, -0.1) is 0 Å². The molecule has 0 aliphatic carbocycles. The van der Waals surface area contributed by atoms with E-state index < -0.39 is 8.80 Å². The number of rotatable bonds is 13. The molecule has 5 heteroatoms. The molecule has 0 heterocycles. The van der Waals surface area contributed by atoms with Gasteiger partial charge in [0.15, 0.2) is 0 Å². The first-order chi connectivity index (χ1) is 9.10. The maximum absolute atomic E-state index is 5.90. The fourth-order valence-electron chi connectivity index (χ4n) is 1.37. The zero-order valence-corrected chi connectivity index (χ0v) is 14.0. The molecule has 0 rings (SSSR count). The van der Waals surface area contributed by atoms with Crippen molar-refractivity contribution in [1.82, 2.24) is 0 Å². The topological polar surface area (TPSA) is 36.9 Å². The molecule has 4 nitrogen and oxygen atoms in total. The Bertz CT molecular complexity index is 212. The molecule has 0 aliphatic rings. The van der Waals surface area contributed by atoms with E-state index in [1.165, 1.54) is 0 Å². The van der Waals surface area contributed by atoms with Gasteiger partial charge in [-0.2, -0.15) is 0 Å². The van der Waals surface area contributed by atoms with Crippen LogP contribution in [0, 0.1) is 0 Å². The van der Waals surface area contributed by atoms with E-state index >= 15 is 0 Å². The Morgan fingerprint density at radius 2 is 1.32 bits per heavy atom. The first kappa shape index (κ1) is 18.8. The number of hydrogen-bond acceptors (Lipinski definition) is 4. The summed E-state index contributed by atoms with van der Waals surface area (Å²) >= 11 is 0. The molecule has 0 saturated carbocycles. The van der Waals surface area contributed by atoms with Crippen molar-refractivity contribution in [1.29, 1.82) is 0 Å². The summed E-state index contributed by atoms with van der Waals surface area (Å²) in [4.78, 5) is 0. The minimum atomic E-state index is -2.69. The van der Waals surface area contributed by atoms with E-state index in [4.69, 9.17) is 18.0 Å². The highest BCUT2D eigenvalue weighted by molar-refractivity contribution is 6.60. The van der Waals surface area contributed by atoms with Gasteiger partial charge in [0.25, 0.3) is 0 Å². The lowest BCUT2D eigenvalue weighted by molar-refractivity contribution is 0.0257. The second kappa shape index (κ2) is 11.6. The molecule has 0 radical (unpaired) electrons. The Morgan fingerprint density at radius 3 is 1.63 bits per heavy atom. The Labute approximate surface area is 119 Å². The van der Waals surface area contributed by atoms with Crippen LogP contribution in [0.2, 0.25) is 0 Å². The zero-order valence-electron chi connectivity index (χ0n) is 13.0. The van der Waals surface area contributed by atoms with Crippen LogP contribution < -0.4 is 0 Å². The summed E-state index contributed by atoms with van der Waals surface area (Å²) in [6, 6.07) is 0. The molecular weight excluding hydrogens is 260 g/mol. The van der Waals surface area contributed by atoms with Gasteiger partial charge in [-0.1, -0.05) is 32.9 Å². The number of hydrogen-bond donors (Lipinski definition) is 0. The second-order valence-corrected chi connectivity index (χ2v) is 7.20. The quantitative estimate of drug-likeness (QED) is 0.385. The SMILES string of the molecule is C=C(C)COC[Si](OCCC)(OCCC)OCCC. The third-order valence-corrected chi connectivity index (χ3v) is 4.70. The zero-order chi connectivity index (χ0) is 14.6. The van der Waals surface area contributed by atoms with Crippen molar-refractivity contribution in [2.75, 3.05) is 32.7 Å². The van der Waals surface area contributed by atoms with Crippen LogP contribution in [-0.2, 0) is 18.0 Å². The van der Waals surface area contributed by atoms with E-state index in [2.05, 4.69) is 27.4 Å². The highest BCUT2D eigenvalue weighted by Crippen LogP contribution is 2.13. The average molecular weight is 290 g/mol. The van der Waals surface area contributed by atoms with Gasteiger partial charge in [-0.05, 0) is 26.2 Å². The molecule has 114 valence electrons. The van der Waals surface area contributed by atoms with Crippen molar-refractivity contribution in [3.05, 3.63) is 12.2 Å². The Hall–Kier alpha value is -0.203. The molecule has 0 unspecified atom stereocenters. The molecule has 0 aromatic carbocycles. The van der Waals surface area contributed by atoms with E-state index in [1.54, 1.807) is 0 Å². The summed E-state index contributed by atoms with van der Waals surface area (Å²) in [5.41, 5.74) is 0.990. The Morgan fingerprint density at radius 1 is 0.895 bits per heavy atom. The summed E-state index contributed by atoms with van der Waals surface area (Å²) in [6.07, 6.45) is 3.24. The largest absolute Gasteiger partial charge is 0.528 e. The highest BCUT2D eigenvalue weighted by atomic mass is 28.4. The van der Waals surface area contributed by atoms with E-state index in [0.717, 1.165) is 24.8 Å². The standard InChI is InChI=1S/C14H30O4Si/c1-6-9-16-19(17-10-7-2,18-11-8-3)13-15-12-14(4)5/h4,6-13H2,1-3,5H3. The van der Waals surface area contributed by atoms with E-state index in [-0.39, 0.29) is 0 Å². The predicted octanol–water partition coefficient (Wildman–Crippen LogP) is 3.34. The Kier molecular flexibility index (Phi) is 11.5. The van der Waals surface area contributed by atoms with Crippen LogP contribution in [0.1, 0.15) is 47.0 Å². The molecule has 0 aromatic heterocycles. The minimum absolute atomic E-state index is 0.403. The fraction of sp³-hybridized carbons (Fsp3) is 0.857. The van der Waals surface area contributed by atoms with Crippen molar-refractivity contribution in [3.63, 3.8) is 0 Å². The predicted molar refractivity (Wildman–Crippen MR) is 80.1 cm³/mol. The summed E-state index contributed by atoms with van der Waals surface area (Å²) in [7, 11) is -2.69. The molecule has 0 atom stereocenters. The molecular formula is C14H30O4Si. The molecule has 0 bridgehead atoms. The van der Waals surface area contributed by atoms with Crippen LogP contribution in [0.4, 0.5) is 0 Å². The molecule has 0 aliphatic heterocycles. The van der Waals surface area contributed by atoms with E-state index in [9.17, 15) is 0 Å². The summed E-state index contributed by atoms with van der Waals surface area (Å²) in [5.74, 6) is 0. The number of ether oxygens (including phenoxy) is 1. The lowest BCUT2D eigenvalue weighted by Crippen LogP contribution is -2.51. The smallest absolute Gasteiger partial charge is 0.373 e. The maximum atomic E-state index is 5.90. The molecule has 19 heavy (non-hydrogen) atoms. The van der Waals surface area contributed by atoms with Crippen molar-refractivity contribution < 1.29 is 18.0 Å². The lowest BCUT2D eigenvalue weighted by Gasteiger charge is -2.29. The van der Waals surface area contributed by atoms with Gasteiger partial charge in [0.1, 0.15) is 6.23 Å². The normalized spacial score (nSPS) is 11.8. The molecule has 0 spiro atoms. The van der Waals surface area contributed by atoms with E-state index in [1.807, 2.05) is 6.92 Å². The third-order valence-electron chi connectivity index (χ3n) is 2.21. The van der Waals surface area contributed by atoms with Gasteiger partial charge >= 0.3 is 8.80 Å².